The highest BCUT2D eigenvalue weighted by molar-refractivity contribution is 5.94. The normalized spacial score (nSPS) is 17.5. The second-order valence-electron chi connectivity index (χ2n) is 6.31. The van der Waals surface area contributed by atoms with E-state index in [1.165, 1.54) is 25.0 Å². The van der Waals surface area contributed by atoms with Crippen LogP contribution in [0.25, 0.3) is 11.1 Å². The zero-order valence-corrected chi connectivity index (χ0v) is 12.9. The number of nitrogens with one attached hydrogen (secondary N) is 1. The summed E-state index contributed by atoms with van der Waals surface area (Å²) in [5.74, 6) is -0.201. The molecule has 0 radical (unpaired) electrons. The number of nitrogens with zero attached hydrogens (tertiary/aromatic N) is 1. The van der Waals surface area contributed by atoms with Crippen LogP contribution < -0.4 is 0 Å². The third-order valence-electron chi connectivity index (χ3n) is 4.75. The Bertz CT molecular complexity index is 757. The zero-order chi connectivity index (χ0) is 15.8. The molecule has 4 rings (SSSR count). The Morgan fingerprint density at radius 3 is 2.26 bits per heavy atom. The zero-order valence-electron chi connectivity index (χ0n) is 12.9. The quantitative estimate of drug-likeness (QED) is 0.831. The number of amides is 1. The predicted molar refractivity (Wildman–Crippen MR) is 87.6 cm³/mol. The lowest BCUT2D eigenvalue weighted by atomic mass is 10.0. The van der Waals surface area contributed by atoms with Crippen LogP contribution in [0.1, 0.15) is 36.2 Å². The lowest BCUT2D eigenvalue weighted by molar-refractivity contribution is 0.0738. The number of halogens is 1. The lowest BCUT2D eigenvalue weighted by Crippen LogP contribution is -2.36. The van der Waals surface area contributed by atoms with Gasteiger partial charge < -0.3 is 9.88 Å². The Morgan fingerprint density at radius 2 is 1.61 bits per heavy atom. The average Bonchev–Trinajstić information content (AvgIpc) is 3.32. The lowest BCUT2D eigenvalue weighted by Gasteiger charge is -2.28. The van der Waals surface area contributed by atoms with Crippen LogP contribution in [0.4, 0.5) is 4.39 Å². The van der Waals surface area contributed by atoms with Crippen molar-refractivity contribution in [3.8, 4) is 11.1 Å². The number of carbonyl (C=O) groups is 1. The fraction of sp³-hybridized carbons (Fsp3) is 0.316. The van der Waals surface area contributed by atoms with Crippen LogP contribution in [0.3, 0.4) is 0 Å². The fourth-order valence-corrected chi connectivity index (χ4v) is 3.25. The molecule has 1 amide bonds. The van der Waals surface area contributed by atoms with Gasteiger partial charge in [0.25, 0.3) is 5.91 Å². The molecule has 2 heterocycles. The van der Waals surface area contributed by atoms with E-state index in [1.54, 1.807) is 23.3 Å². The van der Waals surface area contributed by atoms with E-state index in [4.69, 9.17) is 0 Å². The molecule has 2 aliphatic rings. The number of hydrogen-bond donors (Lipinski definition) is 1. The highest BCUT2D eigenvalue weighted by Crippen LogP contribution is 2.36. The number of aromatic amines is 1. The molecule has 2 aromatic rings. The van der Waals surface area contributed by atoms with Crippen LogP contribution in [0.5, 0.6) is 0 Å². The van der Waals surface area contributed by atoms with E-state index < -0.39 is 0 Å². The third kappa shape index (κ3) is 2.93. The highest BCUT2D eigenvalue weighted by atomic mass is 19.1. The molecule has 2 fully saturated rings. The van der Waals surface area contributed by atoms with E-state index in [-0.39, 0.29) is 11.7 Å². The summed E-state index contributed by atoms with van der Waals surface area (Å²) in [4.78, 5) is 17.6. The molecule has 1 aromatic carbocycles. The van der Waals surface area contributed by atoms with E-state index in [9.17, 15) is 9.18 Å². The van der Waals surface area contributed by atoms with Gasteiger partial charge in [-0.2, -0.15) is 0 Å². The maximum absolute atomic E-state index is 13.0. The summed E-state index contributed by atoms with van der Waals surface area (Å²) in [5, 5.41) is 0. The Hall–Kier alpha value is -2.36. The number of allylic oxidation sites excluding steroid dienone is 1. The summed E-state index contributed by atoms with van der Waals surface area (Å²) in [6.45, 7) is 1.62. The van der Waals surface area contributed by atoms with Crippen LogP contribution >= 0.6 is 0 Å². The van der Waals surface area contributed by atoms with E-state index >= 15 is 0 Å². The number of piperidine rings is 1. The van der Waals surface area contributed by atoms with Crippen molar-refractivity contribution in [2.75, 3.05) is 13.1 Å². The van der Waals surface area contributed by atoms with Crippen molar-refractivity contribution in [1.82, 2.24) is 9.88 Å². The summed E-state index contributed by atoms with van der Waals surface area (Å²) in [6.07, 6.45) is 6.38. The minimum Gasteiger partial charge on any atom is -0.357 e. The number of H-pyrrole nitrogens is 1. The summed E-state index contributed by atoms with van der Waals surface area (Å²) >= 11 is 0. The smallest absolute Gasteiger partial charge is 0.270 e. The molecule has 1 aliphatic heterocycles. The van der Waals surface area contributed by atoms with Gasteiger partial charge in [-0.3, -0.25) is 4.79 Å². The van der Waals surface area contributed by atoms with Gasteiger partial charge >= 0.3 is 0 Å². The summed E-state index contributed by atoms with van der Waals surface area (Å²) < 4.78 is 13.0. The number of rotatable bonds is 2. The van der Waals surface area contributed by atoms with E-state index in [0.717, 1.165) is 37.1 Å². The van der Waals surface area contributed by atoms with Crippen LogP contribution in [0.15, 0.2) is 47.7 Å². The molecule has 118 valence electrons. The molecule has 4 heteroatoms. The molecule has 1 aromatic heterocycles. The number of carbonyl (C=O) groups excluding carboxylic acids is 1. The Balaban J connectivity index is 1.47. The van der Waals surface area contributed by atoms with Gasteiger partial charge in [-0.25, -0.2) is 4.39 Å². The first kappa shape index (κ1) is 14.2. The summed E-state index contributed by atoms with van der Waals surface area (Å²) in [6, 6.07) is 8.16. The summed E-state index contributed by atoms with van der Waals surface area (Å²) in [7, 11) is 0. The third-order valence-corrected chi connectivity index (χ3v) is 4.75. The van der Waals surface area contributed by atoms with Gasteiger partial charge in [0.1, 0.15) is 11.5 Å². The van der Waals surface area contributed by atoms with Gasteiger partial charge in [0.05, 0.1) is 0 Å². The van der Waals surface area contributed by atoms with E-state index in [0.29, 0.717) is 5.69 Å². The molecule has 0 atom stereocenters. The maximum atomic E-state index is 13.0. The van der Waals surface area contributed by atoms with Crippen LogP contribution in [0.2, 0.25) is 0 Å². The number of benzene rings is 1. The standard InChI is InChI=1S/C19H19FN2O/c20-17-5-3-14(4-6-17)16-11-18(21-12-16)19(23)22-9-7-15(8-10-22)13-1-2-13/h3-6,11-12,21H,1-2,7-10H2. The van der Waals surface area contributed by atoms with Crippen molar-refractivity contribution in [3.63, 3.8) is 0 Å². The largest absolute Gasteiger partial charge is 0.357 e. The monoisotopic (exact) mass is 310 g/mol. The molecule has 23 heavy (non-hydrogen) atoms. The van der Waals surface area contributed by atoms with Gasteiger partial charge in [0, 0.05) is 19.3 Å². The number of aromatic nitrogens is 1. The van der Waals surface area contributed by atoms with Crippen LogP contribution in [-0.2, 0) is 0 Å². The SMILES string of the molecule is O=C(c1cc(-c2ccc(F)cc2)c[nH]1)N1CCC(=C2CC2)CC1. The minimum absolute atomic E-state index is 0.0539. The number of hydrogen-bond acceptors (Lipinski definition) is 1. The van der Waals surface area contributed by atoms with Gasteiger partial charge in [0.2, 0.25) is 0 Å². The average molecular weight is 310 g/mol. The van der Waals surface area contributed by atoms with Gasteiger partial charge in [-0.05, 0) is 55.0 Å². The first-order valence-corrected chi connectivity index (χ1v) is 8.14. The molecule has 0 bridgehead atoms. The van der Waals surface area contributed by atoms with Crippen molar-refractivity contribution < 1.29 is 9.18 Å². The van der Waals surface area contributed by atoms with Gasteiger partial charge in [-0.15, -0.1) is 0 Å². The van der Waals surface area contributed by atoms with Gasteiger partial charge in [-0.1, -0.05) is 23.3 Å². The second-order valence-corrected chi connectivity index (χ2v) is 6.31. The molecule has 0 spiro atoms. The fourth-order valence-electron chi connectivity index (χ4n) is 3.25. The molecule has 3 nitrogen and oxygen atoms in total. The molecule has 1 saturated carbocycles. The van der Waals surface area contributed by atoms with Crippen LogP contribution in [0, 0.1) is 5.82 Å². The maximum Gasteiger partial charge on any atom is 0.270 e. The van der Waals surface area contributed by atoms with Crippen molar-refractivity contribution >= 4 is 5.91 Å². The Labute approximate surface area is 134 Å². The van der Waals surface area contributed by atoms with E-state index in [1.807, 2.05) is 17.2 Å². The molecule has 1 saturated heterocycles. The van der Waals surface area contributed by atoms with Crippen molar-refractivity contribution in [3.05, 3.63) is 59.2 Å². The molecular formula is C19H19FN2O. The van der Waals surface area contributed by atoms with Crippen molar-refractivity contribution in [2.45, 2.75) is 25.7 Å². The van der Waals surface area contributed by atoms with E-state index in [2.05, 4.69) is 4.98 Å². The highest BCUT2D eigenvalue weighted by Gasteiger charge is 2.25. The number of likely N-dealkylation sites (tertiary alicyclic amines) is 1. The molecule has 0 unspecified atom stereocenters. The van der Waals surface area contributed by atoms with Gasteiger partial charge in [0.15, 0.2) is 0 Å². The Kier molecular flexibility index (Phi) is 3.52. The second kappa shape index (κ2) is 5.69. The van der Waals surface area contributed by atoms with Crippen molar-refractivity contribution in [1.29, 1.82) is 0 Å². The topological polar surface area (TPSA) is 36.1 Å². The minimum atomic E-state index is -0.255. The van der Waals surface area contributed by atoms with Crippen molar-refractivity contribution in [2.24, 2.45) is 0 Å². The molecule has 1 aliphatic carbocycles. The Morgan fingerprint density at radius 1 is 0.957 bits per heavy atom. The molecule has 1 N–H and O–H groups in total. The first-order chi connectivity index (χ1) is 11.2. The van der Waals surface area contributed by atoms with Crippen LogP contribution in [-0.4, -0.2) is 28.9 Å². The predicted octanol–water partition coefficient (Wildman–Crippen LogP) is 4.15. The summed E-state index contributed by atoms with van der Waals surface area (Å²) in [5.41, 5.74) is 5.61. The molecular weight excluding hydrogens is 291 g/mol. The first-order valence-electron chi connectivity index (χ1n) is 8.14.